The first kappa shape index (κ1) is 14.5. The van der Waals surface area contributed by atoms with Gasteiger partial charge < -0.3 is 10.2 Å². The zero-order chi connectivity index (χ0) is 15.6. The molecule has 2 saturated heterocycles. The predicted octanol–water partition coefficient (Wildman–Crippen LogP) is 2.83. The zero-order valence-corrected chi connectivity index (χ0v) is 13.4. The van der Waals surface area contributed by atoms with Gasteiger partial charge in [0.1, 0.15) is 0 Å². The molecule has 2 aliphatic heterocycles. The van der Waals surface area contributed by atoms with Crippen molar-refractivity contribution >= 4 is 16.8 Å². The molecule has 4 rings (SSSR count). The fraction of sp³-hybridized carbons (Fsp3) is 0.421. The van der Waals surface area contributed by atoms with Gasteiger partial charge in [0.25, 0.3) is 0 Å². The lowest BCUT2D eigenvalue weighted by Gasteiger charge is -2.37. The van der Waals surface area contributed by atoms with Gasteiger partial charge in [0.05, 0.1) is 0 Å². The van der Waals surface area contributed by atoms with Crippen molar-refractivity contribution < 1.29 is 4.79 Å². The third-order valence-electron chi connectivity index (χ3n) is 5.09. The summed E-state index contributed by atoms with van der Waals surface area (Å²) in [6, 6.07) is 15.6. The Morgan fingerprint density at radius 2 is 1.96 bits per heavy atom. The number of urea groups is 1. The van der Waals surface area contributed by atoms with Crippen molar-refractivity contribution in [3.63, 3.8) is 0 Å². The summed E-state index contributed by atoms with van der Waals surface area (Å²) in [6.45, 7) is 4.71. The summed E-state index contributed by atoms with van der Waals surface area (Å²) in [7, 11) is 0. The summed E-state index contributed by atoms with van der Waals surface area (Å²) in [5.41, 5.74) is 1.38. The van der Waals surface area contributed by atoms with Crippen LogP contribution in [0.15, 0.2) is 42.5 Å². The summed E-state index contributed by atoms with van der Waals surface area (Å²) in [4.78, 5) is 16.4. The van der Waals surface area contributed by atoms with E-state index in [0.29, 0.717) is 6.04 Å². The van der Waals surface area contributed by atoms with Crippen LogP contribution in [-0.4, -0.2) is 48.1 Å². The Hall–Kier alpha value is -2.07. The minimum atomic E-state index is 0.113. The molecule has 0 aromatic heterocycles. The van der Waals surface area contributed by atoms with E-state index in [9.17, 15) is 4.79 Å². The first-order valence-corrected chi connectivity index (χ1v) is 8.55. The molecule has 0 aliphatic carbocycles. The third kappa shape index (κ3) is 2.91. The molecule has 2 aliphatic rings. The van der Waals surface area contributed by atoms with E-state index in [-0.39, 0.29) is 6.03 Å². The number of amides is 2. The molecule has 2 heterocycles. The van der Waals surface area contributed by atoms with Gasteiger partial charge in [-0.1, -0.05) is 42.5 Å². The SMILES string of the molecule is O=C1NCCN1C1CCCN(Cc2cccc3ccccc23)C1. The number of hydrogen-bond donors (Lipinski definition) is 1. The first-order chi connectivity index (χ1) is 11.3. The number of hydrogen-bond acceptors (Lipinski definition) is 2. The van der Waals surface area contributed by atoms with Crippen molar-refractivity contribution in [3.05, 3.63) is 48.0 Å². The first-order valence-electron chi connectivity index (χ1n) is 8.55. The van der Waals surface area contributed by atoms with E-state index >= 15 is 0 Å². The minimum absolute atomic E-state index is 0.113. The monoisotopic (exact) mass is 309 g/mol. The number of fused-ring (bicyclic) bond motifs is 1. The molecule has 0 bridgehead atoms. The molecule has 2 amide bonds. The van der Waals surface area contributed by atoms with Gasteiger partial charge >= 0.3 is 6.03 Å². The molecule has 0 saturated carbocycles. The van der Waals surface area contributed by atoms with Crippen molar-refractivity contribution in [1.82, 2.24) is 15.1 Å². The highest BCUT2D eigenvalue weighted by Crippen LogP contribution is 2.23. The van der Waals surface area contributed by atoms with Gasteiger partial charge in [-0.3, -0.25) is 4.90 Å². The van der Waals surface area contributed by atoms with E-state index in [1.807, 2.05) is 4.90 Å². The molecule has 4 nitrogen and oxygen atoms in total. The maximum absolute atomic E-state index is 11.9. The Bertz CT molecular complexity index is 709. The van der Waals surface area contributed by atoms with Gasteiger partial charge in [0.15, 0.2) is 0 Å². The van der Waals surface area contributed by atoms with Crippen LogP contribution in [0.5, 0.6) is 0 Å². The summed E-state index contributed by atoms with van der Waals surface area (Å²) in [6.07, 6.45) is 2.29. The topological polar surface area (TPSA) is 35.6 Å². The van der Waals surface area contributed by atoms with E-state index in [1.165, 1.54) is 22.8 Å². The highest BCUT2D eigenvalue weighted by molar-refractivity contribution is 5.85. The predicted molar refractivity (Wildman–Crippen MR) is 92.4 cm³/mol. The van der Waals surface area contributed by atoms with E-state index in [4.69, 9.17) is 0 Å². The van der Waals surface area contributed by atoms with E-state index in [0.717, 1.165) is 39.1 Å². The van der Waals surface area contributed by atoms with Gasteiger partial charge in [0.2, 0.25) is 0 Å². The van der Waals surface area contributed by atoms with Crippen LogP contribution in [0.25, 0.3) is 10.8 Å². The van der Waals surface area contributed by atoms with Crippen LogP contribution in [-0.2, 0) is 6.54 Å². The number of carbonyl (C=O) groups excluding carboxylic acids is 1. The average molecular weight is 309 g/mol. The summed E-state index contributed by atoms with van der Waals surface area (Å²) < 4.78 is 0. The van der Waals surface area contributed by atoms with Crippen LogP contribution in [0.4, 0.5) is 4.79 Å². The molecule has 1 atom stereocenters. The van der Waals surface area contributed by atoms with Gasteiger partial charge in [-0.2, -0.15) is 0 Å². The highest BCUT2D eigenvalue weighted by atomic mass is 16.2. The average Bonchev–Trinajstić information content (AvgIpc) is 3.02. The van der Waals surface area contributed by atoms with Crippen molar-refractivity contribution in [2.24, 2.45) is 0 Å². The van der Waals surface area contributed by atoms with E-state index in [2.05, 4.69) is 52.7 Å². The lowest BCUT2D eigenvalue weighted by molar-refractivity contribution is 0.122. The van der Waals surface area contributed by atoms with Crippen LogP contribution < -0.4 is 5.32 Å². The summed E-state index contributed by atoms with van der Waals surface area (Å²) >= 11 is 0. The van der Waals surface area contributed by atoms with Crippen molar-refractivity contribution in [2.45, 2.75) is 25.4 Å². The fourth-order valence-electron chi connectivity index (χ4n) is 3.94. The molecule has 23 heavy (non-hydrogen) atoms. The second-order valence-electron chi connectivity index (χ2n) is 6.59. The van der Waals surface area contributed by atoms with Crippen molar-refractivity contribution in [2.75, 3.05) is 26.2 Å². The number of likely N-dealkylation sites (tertiary alicyclic amines) is 1. The summed E-state index contributed by atoms with van der Waals surface area (Å²) in [5.74, 6) is 0. The molecule has 2 aromatic carbocycles. The number of nitrogens with zero attached hydrogens (tertiary/aromatic N) is 2. The number of carbonyl (C=O) groups is 1. The molecule has 2 aromatic rings. The van der Waals surface area contributed by atoms with Gasteiger partial charge in [-0.15, -0.1) is 0 Å². The molecule has 120 valence electrons. The standard InChI is InChI=1S/C19H23N3O/c23-19-20-10-12-22(19)17-8-4-11-21(14-17)13-16-7-3-6-15-5-1-2-9-18(15)16/h1-3,5-7,9,17H,4,8,10-14H2,(H,20,23). The van der Waals surface area contributed by atoms with Crippen LogP contribution in [0.3, 0.4) is 0 Å². The van der Waals surface area contributed by atoms with Crippen LogP contribution in [0, 0.1) is 0 Å². The maximum atomic E-state index is 11.9. The number of rotatable bonds is 3. The minimum Gasteiger partial charge on any atom is -0.336 e. The fourth-order valence-corrected chi connectivity index (χ4v) is 3.94. The Morgan fingerprint density at radius 3 is 2.83 bits per heavy atom. The normalized spacial score (nSPS) is 22.5. The lowest BCUT2D eigenvalue weighted by Crippen LogP contribution is -2.48. The molecule has 0 spiro atoms. The Morgan fingerprint density at radius 1 is 1.09 bits per heavy atom. The second-order valence-corrected chi connectivity index (χ2v) is 6.59. The molecular formula is C19H23N3O. The molecule has 1 N–H and O–H groups in total. The number of benzene rings is 2. The van der Waals surface area contributed by atoms with Crippen molar-refractivity contribution in [3.8, 4) is 0 Å². The largest absolute Gasteiger partial charge is 0.336 e. The molecule has 1 unspecified atom stereocenters. The van der Waals surface area contributed by atoms with Gasteiger partial charge in [-0.25, -0.2) is 4.79 Å². The molecule has 0 radical (unpaired) electrons. The Labute approximate surface area is 137 Å². The number of piperidine rings is 1. The summed E-state index contributed by atoms with van der Waals surface area (Å²) in [5, 5.41) is 5.57. The quantitative estimate of drug-likeness (QED) is 0.946. The van der Waals surface area contributed by atoms with Crippen LogP contribution in [0.2, 0.25) is 0 Å². The maximum Gasteiger partial charge on any atom is 0.317 e. The zero-order valence-electron chi connectivity index (χ0n) is 13.4. The van der Waals surface area contributed by atoms with Gasteiger partial charge in [-0.05, 0) is 35.7 Å². The lowest BCUT2D eigenvalue weighted by atomic mass is 10.0. The molecule has 4 heteroatoms. The second kappa shape index (κ2) is 6.20. The van der Waals surface area contributed by atoms with Crippen LogP contribution in [0.1, 0.15) is 18.4 Å². The molecule has 2 fully saturated rings. The number of nitrogens with one attached hydrogen (secondary N) is 1. The van der Waals surface area contributed by atoms with Gasteiger partial charge in [0, 0.05) is 32.2 Å². The Balaban J connectivity index is 1.50. The van der Waals surface area contributed by atoms with Crippen LogP contribution >= 0.6 is 0 Å². The van der Waals surface area contributed by atoms with E-state index < -0.39 is 0 Å². The highest BCUT2D eigenvalue weighted by Gasteiger charge is 2.31. The smallest absolute Gasteiger partial charge is 0.317 e. The Kier molecular flexibility index (Phi) is 3.92. The van der Waals surface area contributed by atoms with Crippen molar-refractivity contribution in [1.29, 1.82) is 0 Å². The van der Waals surface area contributed by atoms with E-state index in [1.54, 1.807) is 0 Å². The third-order valence-corrected chi connectivity index (χ3v) is 5.09. The molecular weight excluding hydrogens is 286 g/mol.